The standard InChI is InChI=1S/C7H15O5PS/c8-7(12-13(9,10)11)5-3-1-2-4-6-14/h14H,1-6H2,(H2,9,10,11). The van der Waals surface area contributed by atoms with Crippen LogP contribution in [0.15, 0.2) is 0 Å². The Labute approximate surface area is 88.5 Å². The molecule has 0 fully saturated rings. The number of carbonyl (C=O) groups excluding carboxylic acids is 1. The first-order chi connectivity index (χ1) is 6.45. The summed E-state index contributed by atoms with van der Waals surface area (Å²) in [5, 5.41) is 0. The minimum atomic E-state index is -4.64. The average molecular weight is 242 g/mol. The number of phosphoric acid groups is 1. The summed E-state index contributed by atoms with van der Waals surface area (Å²) >= 11 is 4.02. The van der Waals surface area contributed by atoms with E-state index in [-0.39, 0.29) is 6.42 Å². The fourth-order valence-corrected chi connectivity index (χ4v) is 1.49. The van der Waals surface area contributed by atoms with Gasteiger partial charge in [-0.25, -0.2) is 4.57 Å². The molecule has 0 aliphatic heterocycles. The van der Waals surface area contributed by atoms with Crippen molar-refractivity contribution in [2.24, 2.45) is 0 Å². The molecular weight excluding hydrogens is 227 g/mol. The van der Waals surface area contributed by atoms with Crippen LogP contribution in [0.4, 0.5) is 0 Å². The van der Waals surface area contributed by atoms with E-state index in [0.29, 0.717) is 6.42 Å². The van der Waals surface area contributed by atoms with Gasteiger partial charge in [-0.3, -0.25) is 14.6 Å². The number of rotatable bonds is 7. The van der Waals surface area contributed by atoms with Crippen molar-refractivity contribution in [3.8, 4) is 0 Å². The third-order valence-corrected chi connectivity index (χ3v) is 2.27. The van der Waals surface area contributed by atoms with Gasteiger partial charge in [0.05, 0.1) is 0 Å². The van der Waals surface area contributed by atoms with Gasteiger partial charge in [0.15, 0.2) is 0 Å². The highest BCUT2D eigenvalue weighted by Crippen LogP contribution is 2.36. The van der Waals surface area contributed by atoms with E-state index in [9.17, 15) is 9.36 Å². The van der Waals surface area contributed by atoms with E-state index < -0.39 is 13.8 Å². The first-order valence-electron chi connectivity index (χ1n) is 4.34. The van der Waals surface area contributed by atoms with Crippen LogP contribution in [0.1, 0.15) is 32.1 Å². The van der Waals surface area contributed by atoms with Crippen molar-refractivity contribution in [1.82, 2.24) is 0 Å². The van der Waals surface area contributed by atoms with E-state index in [1.54, 1.807) is 0 Å². The van der Waals surface area contributed by atoms with Gasteiger partial charge in [0, 0.05) is 6.42 Å². The molecule has 0 saturated heterocycles. The van der Waals surface area contributed by atoms with Crippen molar-refractivity contribution in [2.45, 2.75) is 32.1 Å². The molecule has 0 radical (unpaired) electrons. The Balaban J connectivity index is 3.41. The molecule has 2 N–H and O–H groups in total. The molecule has 14 heavy (non-hydrogen) atoms. The van der Waals surface area contributed by atoms with Crippen molar-refractivity contribution in [2.75, 3.05) is 5.75 Å². The minimum Gasteiger partial charge on any atom is -0.371 e. The van der Waals surface area contributed by atoms with Crippen LogP contribution in [-0.2, 0) is 13.9 Å². The van der Waals surface area contributed by atoms with Gasteiger partial charge in [0.1, 0.15) is 0 Å². The van der Waals surface area contributed by atoms with Crippen LogP contribution < -0.4 is 0 Å². The quantitative estimate of drug-likeness (QED) is 0.358. The van der Waals surface area contributed by atoms with Crippen molar-refractivity contribution < 1.29 is 23.7 Å². The summed E-state index contributed by atoms with van der Waals surface area (Å²) in [5.41, 5.74) is 0. The maximum Gasteiger partial charge on any atom is 0.526 e. The van der Waals surface area contributed by atoms with Gasteiger partial charge in [-0.1, -0.05) is 12.8 Å². The molecule has 0 bridgehead atoms. The third kappa shape index (κ3) is 10.1. The van der Waals surface area contributed by atoms with Crippen molar-refractivity contribution >= 4 is 26.4 Å². The fourth-order valence-electron chi connectivity index (χ4n) is 0.913. The molecule has 0 aromatic heterocycles. The molecule has 0 spiro atoms. The molecule has 7 heteroatoms. The number of phosphoric ester groups is 1. The highest BCUT2D eigenvalue weighted by atomic mass is 32.1. The van der Waals surface area contributed by atoms with E-state index in [4.69, 9.17) is 9.79 Å². The smallest absolute Gasteiger partial charge is 0.371 e. The molecule has 0 rings (SSSR count). The third-order valence-electron chi connectivity index (χ3n) is 1.51. The van der Waals surface area contributed by atoms with Crippen molar-refractivity contribution in [3.05, 3.63) is 0 Å². The Kier molecular flexibility index (Phi) is 7.27. The second kappa shape index (κ2) is 7.29. The van der Waals surface area contributed by atoms with Crippen LogP contribution in [0.5, 0.6) is 0 Å². The number of carbonyl (C=O) groups is 1. The SMILES string of the molecule is O=C(CCCCCCS)OP(=O)(O)O. The van der Waals surface area contributed by atoms with Gasteiger partial charge in [0.25, 0.3) is 0 Å². The molecule has 0 atom stereocenters. The second-order valence-electron chi connectivity index (χ2n) is 2.84. The molecule has 0 unspecified atom stereocenters. The highest BCUT2D eigenvalue weighted by Gasteiger charge is 2.19. The van der Waals surface area contributed by atoms with Gasteiger partial charge in [0.2, 0.25) is 0 Å². The lowest BCUT2D eigenvalue weighted by Gasteiger charge is -2.04. The lowest BCUT2D eigenvalue weighted by molar-refractivity contribution is -0.135. The lowest BCUT2D eigenvalue weighted by atomic mass is 10.2. The minimum absolute atomic E-state index is 0.0533. The molecular formula is C7H15O5PS. The summed E-state index contributed by atoms with van der Waals surface area (Å²) in [5.74, 6) is -0.0309. The van der Waals surface area contributed by atoms with Crippen LogP contribution in [-0.4, -0.2) is 21.5 Å². The van der Waals surface area contributed by atoms with E-state index in [0.717, 1.165) is 25.0 Å². The number of unbranched alkanes of at least 4 members (excludes halogenated alkanes) is 3. The van der Waals surface area contributed by atoms with Crippen LogP contribution in [0.2, 0.25) is 0 Å². The zero-order valence-corrected chi connectivity index (χ0v) is 9.55. The van der Waals surface area contributed by atoms with Crippen LogP contribution >= 0.6 is 20.5 Å². The largest absolute Gasteiger partial charge is 0.526 e. The Morgan fingerprint density at radius 1 is 1.21 bits per heavy atom. The van der Waals surface area contributed by atoms with Gasteiger partial charge in [-0.05, 0) is 18.6 Å². The first-order valence-corrected chi connectivity index (χ1v) is 6.51. The maximum absolute atomic E-state index is 10.8. The average Bonchev–Trinajstić information content (AvgIpc) is 2.00. The molecule has 5 nitrogen and oxygen atoms in total. The summed E-state index contributed by atoms with van der Waals surface area (Å²) in [4.78, 5) is 27.3. The summed E-state index contributed by atoms with van der Waals surface area (Å²) in [6.45, 7) is 0. The number of hydrogen-bond acceptors (Lipinski definition) is 4. The molecule has 0 aromatic carbocycles. The topological polar surface area (TPSA) is 83.8 Å². The van der Waals surface area contributed by atoms with Gasteiger partial charge >= 0.3 is 13.8 Å². The molecule has 0 amide bonds. The zero-order valence-electron chi connectivity index (χ0n) is 7.76. The summed E-state index contributed by atoms with van der Waals surface area (Å²) in [6.07, 6.45) is 3.43. The van der Waals surface area contributed by atoms with Crippen molar-refractivity contribution in [3.63, 3.8) is 0 Å². The Bertz CT molecular complexity index is 214. The molecule has 0 aromatic rings. The first kappa shape index (κ1) is 14.0. The maximum atomic E-state index is 10.8. The molecule has 0 heterocycles. The zero-order chi connectivity index (χ0) is 11.0. The van der Waals surface area contributed by atoms with Gasteiger partial charge in [-0.2, -0.15) is 12.6 Å². The normalized spacial score (nSPS) is 11.4. The molecule has 0 aliphatic carbocycles. The van der Waals surface area contributed by atoms with E-state index in [1.165, 1.54) is 0 Å². The summed E-state index contributed by atoms with van der Waals surface area (Å²) in [7, 11) is -4.64. The Morgan fingerprint density at radius 3 is 2.29 bits per heavy atom. The number of thiol groups is 1. The van der Waals surface area contributed by atoms with E-state index >= 15 is 0 Å². The second-order valence-corrected chi connectivity index (χ2v) is 4.45. The van der Waals surface area contributed by atoms with Gasteiger partial charge < -0.3 is 4.52 Å². The van der Waals surface area contributed by atoms with Crippen molar-refractivity contribution in [1.29, 1.82) is 0 Å². The van der Waals surface area contributed by atoms with Crippen LogP contribution in [0, 0.1) is 0 Å². The molecule has 84 valence electrons. The Morgan fingerprint density at radius 2 is 1.79 bits per heavy atom. The van der Waals surface area contributed by atoms with E-state index in [2.05, 4.69) is 17.2 Å². The Hall–Kier alpha value is -0.0300. The number of hydrogen-bond donors (Lipinski definition) is 3. The van der Waals surface area contributed by atoms with Gasteiger partial charge in [-0.15, -0.1) is 0 Å². The fraction of sp³-hybridized carbons (Fsp3) is 0.857. The predicted octanol–water partition coefficient (Wildman–Crippen LogP) is 1.50. The lowest BCUT2D eigenvalue weighted by Crippen LogP contribution is -2.01. The van der Waals surface area contributed by atoms with Crippen LogP contribution in [0.25, 0.3) is 0 Å². The summed E-state index contributed by atoms with van der Waals surface area (Å²) < 4.78 is 14.1. The predicted molar refractivity (Wildman–Crippen MR) is 55.1 cm³/mol. The highest BCUT2D eigenvalue weighted by molar-refractivity contribution is 7.80. The molecule has 0 saturated carbocycles. The van der Waals surface area contributed by atoms with Crippen LogP contribution in [0.3, 0.4) is 0 Å². The van der Waals surface area contributed by atoms with E-state index in [1.807, 2.05) is 0 Å². The molecule has 0 aliphatic rings. The summed E-state index contributed by atoms with van der Waals surface area (Å²) in [6, 6.07) is 0. The monoisotopic (exact) mass is 242 g/mol.